The van der Waals surface area contributed by atoms with Crippen LogP contribution in [0.2, 0.25) is 5.02 Å². The summed E-state index contributed by atoms with van der Waals surface area (Å²) >= 11 is 5.90. The Morgan fingerprint density at radius 1 is 1.35 bits per heavy atom. The number of aromatic nitrogens is 1. The summed E-state index contributed by atoms with van der Waals surface area (Å²) in [6, 6.07) is 6.50. The van der Waals surface area contributed by atoms with Crippen molar-refractivity contribution in [2.75, 3.05) is 22.4 Å². The second kappa shape index (κ2) is 6.59. The van der Waals surface area contributed by atoms with Crippen LogP contribution >= 0.6 is 11.6 Å². The molecule has 0 spiro atoms. The highest BCUT2D eigenvalue weighted by Crippen LogP contribution is 2.21. The predicted molar refractivity (Wildman–Crippen MR) is 88.2 cm³/mol. The van der Waals surface area contributed by atoms with Gasteiger partial charge in [-0.2, -0.15) is 0 Å². The third kappa shape index (κ3) is 4.46. The molecule has 0 aliphatic carbocycles. The fourth-order valence-electron chi connectivity index (χ4n) is 1.89. The molecule has 0 saturated carbocycles. The van der Waals surface area contributed by atoms with Gasteiger partial charge < -0.3 is 9.84 Å². The van der Waals surface area contributed by atoms with Crippen LogP contribution in [0.25, 0.3) is 0 Å². The molecule has 1 heterocycles. The van der Waals surface area contributed by atoms with E-state index in [9.17, 15) is 13.2 Å². The topological polar surface area (TPSA) is 92.5 Å². The first-order valence-corrected chi connectivity index (χ1v) is 8.86. The van der Waals surface area contributed by atoms with Crippen molar-refractivity contribution in [1.82, 2.24) is 5.16 Å². The Hall–Kier alpha value is -2.06. The minimum atomic E-state index is -3.69. The Labute approximate surface area is 139 Å². The molecule has 1 amide bonds. The maximum Gasteiger partial charge on any atom is 0.245 e. The quantitative estimate of drug-likeness (QED) is 0.886. The van der Waals surface area contributed by atoms with E-state index >= 15 is 0 Å². The van der Waals surface area contributed by atoms with Crippen LogP contribution in [0.5, 0.6) is 0 Å². The summed E-state index contributed by atoms with van der Waals surface area (Å²) in [4.78, 5) is 12.2. The van der Waals surface area contributed by atoms with Crippen LogP contribution in [-0.4, -0.2) is 32.3 Å². The van der Waals surface area contributed by atoms with Crippen molar-refractivity contribution in [2.24, 2.45) is 0 Å². The van der Waals surface area contributed by atoms with Crippen LogP contribution in [0.4, 0.5) is 11.5 Å². The van der Waals surface area contributed by atoms with Gasteiger partial charge in [0.2, 0.25) is 15.9 Å². The average Bonchev–Trinajstić information content (AvgIpc) is 2.85. The monoisotopic (exact) mass is 357 g/mol. The van der Waals surface area contributed by atoms with Crippen molar-refractivity contribution in [3.8, 4) is 0 Å². The lowest BCUT2D eigenvalue weighted by Gasteiger charge is -2.19. The van der Waals surface area contributed by atoms with E-state index in [0.29, 0.717) is 16.5 Å². The number of hydrogen-bond donors (Lipinski definition) is 1. The summed E-state index contributed by atoms with van der Waals surface area (Å²) in [5.74, 6) is -0.0100. The van der Waals surface area contributed by atoms with E-state index in [-0.39, 0.29) is 5.82 Å². The second-order valence-electron chi connectivity index (χ2n) is 5.07. The molecule has 0 bridgehead atoms. The Kier molecular flexibility index (Phi) is 4.96. The van der Waals surface area contributed by atoms with E-state index in [1.165, 1.54) is 6.07 Å². The molecule has 2 aromatic rings. The highest BCUT2D eigenvalue weighted by molar-refractivity contribution is 7.92. The molecule has 2 rings (SSSR count). The maximum atomic E-state index is 12.2. The number of aryl methyl sites for hydroxylation is 2. The Bertz CT molecular complexity index is 832. The van der Waals surface area contributed by atoms with Crippen LogP contribution in [0.1, 0.15) is 11.3 Å². The minimum Gasteiger partial charge on any atom is -0.360 e. The zero-order valence-corrected chi connectivity index (χ0v) is 14.4. The number of carbonyl (C=O) groups is 1. The van der Waals surface area contributed by atoms with E-state index in [1.807, 2.05) is 0 Å². The highest BCUT2D eigenvalue weighted by atomic mass is 35.5. The largest absolute Gasteiger partial charge is 0.360 e. The average molecular weight is 358 g/mol. The summed E-state index contributed by atoms with van der Waals surface area (Å²) in [7, 11) is -3.69. The Morgan fingerprint density at radius 3 is 2.61 bits per heavy atom. The van der Waals surface area contributed by atoms with Gasteiger partial charge in [-0.3, -0.25) is 4.79 Å². The zero-order valence-electron chi connectivity index (χ0n) is 12.8. The van der Waals surface area contributed by atoms with Crippen molar-refractivity contribution < 1.29 is 17.7 Å². The number of nitrogens with zero attached hydrogens (tertiary/aromatic N) is 2. The second-order valence-corrected chi connectivity index (χ2v) is 7.42. The van der Waals surface area contributed by atoms with Gasteiger partial charge in [-0.1, -0.05) is 22.8 Å². The predicted octanol–water partition coefficient (Wildman–Crippen LogP) is 2.35. The normalized spacial score (nSPS) is 11.3. The summed E-state index contributed by atoms with van der Waals surface area (Å²) in [5, 5.41) is 6.76. The molecule has 7 nitrogen and oxygen atoms in total. The molecule has 23 heavy (non-hydrogen) atoms. The SMILES string of the molecule is Cc1cc(N(CC(=O)Nc2cc(Cl)ccc2C)S(C)(=O)=O)no1. The lowest BCUT2D eigenvalue weighted by molar-refractivity contribution is -0.114. The van der Waals surface area contributed by atoms with Crippen molar-refractivity contribution in [3.05, 3.63) is 40.6 Å². The summed E-state index contributed by atoms with van der Waals surface area (Å²) in [6.45, 7) is 3.02. The van der Waals surface area contributed by atoms with Gasteiger partial charge in [-0.25, -0.2) is 12.7 Å². The van der Waals surface area contributed by atoms with Crippen LogP contribution in [0.15, 0.2) is 28.8 Å². The van der Waals surface area contributed by atoms with Gasteiger partial charge >= 0.3 is 0 Å². The van der Waals surface area contributed by atoms with Crippen molar-refractivity contribution in [3.63, 3.8) is 0 Å². The number of halogens is 1. The molecule has 0 unspecified atom stereocenters. The number of carbonyl (C=O) groups excluding carboxylic acids is 1. The standard InChI is InChI=1S/C14H16ClN3O4S/c1-9-4-5-11(15)7-12(9)16-14(19)8-18(23(3,20)21)13-6-10(2)22-17-13/h4-7H,8H2,1-3H3,(H,16,19). The molecular formula is C14H16ClN3O4S. The lowest BCUT2D eigenvalue weighted by Crippen LogP contribution is -2.37. The first-order chi connectivity index (χ1) is 10.7. The number of anilines is 2. The zero-order chi connectivity index (χ0) is 17.2. The number of rotatable bonds is 5. The molecule has 9 heteroatoms. The first kappa shape index (κ1) is 17.3. The van der Waals surface area contributed by atoms with Crippen molar-refractivity contribution >= 4 is 39.0 Å². The lowest BCUT2D eigenvalue weighted by atomic mass is 10.2. The Morgan fingerprint density at radius 2 is 2.04 bits per heavy atom. The van der Waals surface area contributed by atoms with Crippen LogP contribution in [0.3, 0.4) is 0 Å². The summed E-state index contributed by atoms with van der Waals surface area (Å²) in [5.41, 5.74) is 1.33. The van der Waals surface area contributed by atoms with E-state index in [0.717, 1.165) is 16.1 Å². The van der Waals surface area contributed by atoms with Crippen molar-refractivity contribution in [2.45, 2.75) is 13.8 Å². The van der Waals surface area contributed by atoms with Gasteiger partial charge in [-0.05, 0) is 31.5 Å². The van der Waals surface area contributed by atoms with Gasteiger partial charge in [0.15, 0.2) is 5.82 Å². The molecule has 0 fully saturated rings. The molecule has 1 N–H and O–H groups in total. The molecule has 124 valence electrons. The third-order valence-corrected chi connectivity index (χ3v) is 4.38. The molecular weight excluding hydrogens is 342 g/mol. The number of sulfonamides is 1. The smallest absolute Gasteiger partial charge is 0.245 e. The summed E-state index contributed by atoms with van der Waals surface area (Å²) < 4.78 is 29.5. The van der Waals surface area contributed by atoms with Gasteiger partial charge in [-0.15, -0.1) is 0 Å². The number of nitrogens with one attached hydrogen (secondary N) is 1. The molecule has 1 aromatic carbocycles. The molecule has 0 saturated heterocycles. The Balaban J connectivity index is 2.20. The summed E-state index contributed by atoms with van der Waals surface area (Å²) in [6.07, 6.45) is 0.995. The van der Waals surface area contributed by atoms with Gasteiger partial charge in [0.25, 0.3) is 0 Å². The van der Waals surface area contributed by atoms with Gasteiger partial charge in [0.05, 0.1) is 6.26 Å². The fraction of sp³-hybridized carbons (Fsp3) is 0.286. The minimum absolute atomic E-state index is 0.0583. The van der Waals surface area contributed by atoms with E-state index in [1.54, 1.807) is 32.0 Å². The molecule has 0 radical (unpaired) electrons. The number of benzene rings is 1. The van der Waals surface area contributed by atoms with Gasteiger partial charge in [0, 0.05) is 16.8 Å². The third-order valence-electron chi connectivity index (χ3n) is 3.03. The number of hydrogen-bond acceptors (Lipinski definition) is 5. The fourth-order valence-corrected chi connectivity index (χ4v) is 2.84. The van der Waals surface area contributed by atoms with Crippen LogP contribution < -0.4 is 9.62 Å². The van der Waals surface area contributed by atoms with Crippen molar-refractivity contribution in [1.29, 1.82) is 0 Å². The molecule has 0 aliphatic heterocycles. The van der Waals surface area contributed by atoms with Crippen LogP contribution in [-0.2, 0) is 14.8 Å². The van der Waals surface area contributed by atoms with E-state index in [2.05, 4.69) is 10.5 Å². The van der Waals surface area contributed by atoms with E-state index < -0.39 is 22.5 Å². The molecule has 1 aromatic heterocycles. The van der Waals surface area contributed by atoms with Gasteiger partial charge in [0.1, 0.15) is 12.3 Å². The molecule has 0 aliphatic rings. The molecule has 0 atom stereocenters. The van der Waals surface area contributed by atoms with E-state index in [4.69, 9.17) is 16.1 Å². The maximum absolute atomic E-state index is 12.2. The van der Waals surface area contributed by atoms with Crippen LogP contribution in [0, 0.1) is 13.8 Å². The number of amides is 1. The highest BCUT2D eigenvalue weighted by Gasteiger charge is 2.24. The first-order valence-electron chi connectivity index (χ1n) is 6.64.